The lowest BCUT2D eigenvalue weighted by atomic mass is 10.3. The van der Waals surface area contributed by atoms with Gasteiger partial charge in [0.1, 0.15) is 11.4 Å². The van der Waals surface area contributed by atoms with Crippen LogP contribution in [-0.2, 0) is 4.79 Å². The van der Waals surface area contributed by atoms with Crippen molar-refractivity contribution in [2.45, 2.75) is 19.4 Å². The molecule has 1 aromatic rings. The van der Waals surface area contributed by atoms with E-state index >= 15 is 0 Å². The molecule has 1 aromatic heterocycles. The highest BCUT2D eigenvalue weighted by Crippen LogP contribution is 2.14. The molecule has 0 saturated carbocycles. The Bertz CT molecular complexity index is 315. The second-order valence-corrected chi connectivity index (χ2v) is 3.42. The first-order valence-electron chi connectivity index (χ1n) is 3.79. The van der Waals surface area contributed by atoms with E-state index in [1.807, 2.05) is 12.3 Å². The van der Waals surface area contributed by atoms with Gasteiger partial charge in [0.05, 0.1) is 12.1 Å². The fourth-order valence-corrected chi connectivity index (χ4v) is 1.52. The Kier molecular flexibility index (Phi) is 3.41. The fraction of sp³-hybridized carbons (Fsp3) is 0.375. The van der Waals surface area contributed by atoms with E-state index in [2.05, 4.69) is 10.3 Å². The molecular formula is C8H9N3OS. The van der Waals surface area contributed by atoms with Gasteiger partial charge in [-0.25, -0.2) is 4.98 Å². The molecule has 1 heterocycles. The molecule has 0 radical (unpaired) electrons. The summed E-state index contributed by atoms with van der Waals surface area (Å²) in [7, 11) is 0. The van der Waals surface area contributed by atoms with Crippen molar-refractivity contribution in [1.82, 2.24) is 10.3 Å². The van der Waals surface area contributed by atoms with Crippen LogP contribution in [0.5, 0.6) is 0 Å². The largest absolute Gasteiger partial charge is 0.346 e. The van der Waals surface area contributed by atoms with Crippen LogP contribution in [0.1, 0.15) is 24.4 Å². The van der Waals surface area contributed by atoms with Crippen molar-refractivity contribution in [3.63, 3.8) is 0 Å². The highest BCUT2D eigenvalue weighted by atomic mass is 32.1. The molecule has 0 saturated heterocycles. The summed E-state index contributed by atoms with van der Waals surface area (Å²) in [5, 5.41) is 13.6. The van der Waals surface area contributed by atoms with E-state index in [4.69, 9.17) is 5.26 Å². The average molecular weight is 195 g/mol. The van der Waals surface area contributed by atoms with Gasteiger partial charge in [-0.3, -0.25) is 4.79 Å². The minimum Gasteiger partial charge on any atom is -0.346 e. The first-order chi connectivity index (χ1) is 6.24. The molecule has 0 bridgehead atoms. The highest BCUT2D eigenvalue weighted by Gasteiger charge is 2.10. The summed E-state index contributed by atoms with van der Waals surface area (Å²) in [4.78, 5) is 15.0. The molecule has 5 heteroatoms. The lowest BCUT2D eigenvalue weighted by Gasteiger charge is -2.08. The van der Waals surface area contributed by atoms with Gasteiger partial charge in [0.2, 0.25) is 5.91 Å². The average Bonchev–Trinajstić information content (AvgIpc) is 2.55. The summed E-state index contributed by atoms with van der Waals surface area (Å²) in [6.45, 7) is 1.84. The second kappa shape index (κ2) is 4.58. The summed E-state index contributed by atoms with van der Waals surface area (Å²) in [5.74, 6) is -0.259. The van der Waals surface area contributed by atoms with E-state index in [0.29, 0.717) is 0 Å². The molecule has 1 unspecified atom stereocenters. The van der Waals surface area contributed by atoms with Crippen LogP contribution < -0.4 is 5.32 Å². The van der Waals surface area contributed by atoms with Crippen molar-refractivity contribution < 1.29 is 4.79 Å². The maximum atomic E-state index is 11.0. The third-order valence-corrected chi connectivity index (χ3v) is 2.40. The van der Waals surface area contributed by atoms with Crippen LogP contribution in [0, 0.1) is 11.3 Å². The van der Waals surface area contributed by atoms with Gasteiger partial charge >= 0.3 is 0 Å². The molecule has 4 nitrogen and oxygen atoms in total. The van der Waals surface area contributed by atoms with Crippen molar-refractivity contribution in [1.29, 1.82) is 5.26 Å². The summed E-state index contributed by atoms with van der Waals surface area (Å²) in [5.41, 5.74) is 0. The van der Waals surface area contributed by atoms with Crippen LogP contribution in [-0.4, -0.2) is 10.9 Å². The predicted molar refractivity (Wildman–Crippen MR) is 48.9 cm³/mol. The zero-order valence-electron chi connectivity index (χ0n) is 7.15. The van der Waals surface area contributed by atoms with Crippen LogP contribution >= 0.6 is 11.3 Å². The number of hydrogen-bond acceptors (Lipinski definition) is 4. The Labute approximate surface area is 80.2 Å². The normalized spacial score (nSPS) is 11.7. The molecule has 0 aliphatic rings. The number of hydrogen-bond donors (Lipinski definition) is 1. The third kappa shape index (κ3) is 2.84. The van der Waals surface area contributed by atoms with Gasteiger partial charge < -0.3 is 5.32 Å². The molecule has 0 aromatic carbocycles. The molecule has 1 rings (SSSR count). The number of nitriles is 1. The molecule has 68 valence electrons. The number of nitrogens with one attached hydrogen (secondary N) is 1. The smallest absolute Gasteiger partial charge is 0.234 e. The first-order valence-corrected chi connectivity index (χ1v) is 4.67. The zero-order valence-corrected chi connectivity index (χ0v) is 7.97. The van der Waals surface area contributed by atoms with Gasteiger partial charge in [0, 0.05) is 11.6 Å². The Balaban J connectivity index is 2.47. The maximum Gasteiger partial charge on any atom is 0.234 e. The SMILES string of the molecule is CC(NC(=O)CC#N)c1nccs1. The standard InChI is InChI=1S/C8H9N3OS/c1-6(8-10-4-5-13-8)11-7(12)2-3-9/h4-6H,2H2,1H3,(H,11,12). The van der Waals surface area contributed by atoms with Gasteiger partial charge in [0.25, 0.3) is 0 Å². The molecule has 1 amide bonds. The number of amides is 1. The van der Waals surface area contributed by atoms with Crippen LogP contribution in [0.2, 0.25) is 0 Å². The second-order valence-electron chi connectivity index (χ2n) is 2.49. The number of carbonyl (C=O) groups is 1. The molecule has 0 aliphatic carbocycles. The number of rotatable bonds is 3. The van der Waals surface area contributed by atoms with Crippen LogP contribution in [0.15, 0.2) is 11.6 Å². The first kappa shape index (κ1) is 9.68. The number of aromatic nitrogens is 1. The van der Waals surface area contributed by atoms with E-state index in [1.54, 1.807) is 12.3 Å². The van der Waals surface area contributed by atoms with Gasteiger partial charge in [-0.2, -0.15) is 5.26 Å². The molecule has 1 atom stereocenters. The number of carbonyl (C=O) groups excluding carboxylic acids is 1. The van der Waals surface area contributed by atoms with E-state index in [1.165, 1.54) is 11.3 Å². The predicted octanol–water partition coefficient (Wildman–Crippen LogP) is 1.23. The molecule has 13 heavy (non-hydrogen) atoms. The van der Waals surface area contributed by atoms with Gasteiger partial charge in [-0.05, 0) is 6.92 Å². The Morgan fingerprint density at radius 1 is 1.92 bits per heavy atom. The minimum atomic E-state index is -0.259. The Morgan fingerprint density at radius 2 is 2.69 bits per heavy atom. The van der Waals surface area contributed by atoms with Crippen molar-refractivity contribution >= 4 is 17.2 Å². The topological polar surface area (TPSA) is 65.8 Å². The summed E-state index contributed by atoms with van der Waals surface area (Å²) >= 11 is 1.48. The summed E-state index contributed by atoms with van der Waals surface area (Å²) in [6, 6.07) is 1.68. The van der Waals surface area contributed by atoms with Crippen molar-refractivity contribution in [3.8, 4) is 6.07 Å². The number of thiazole rings is 1. The van der Waals surface area contributed by atoms with Crippen LogP contribution in [0.3, 0.4) is 0 Å². The molecule has 0 spiro atoms. The van der Waals surface area contributed by atoms with Crippen LogP contribution in [0.4, 0.5) is 0 Å². The van der Waals surface area contributed by atoms with Crippen molar-refractivity contribution in [2.24, 2.45) is 0 Å². The summed E-state index contributed by atoms with van der Waals surface area (Å²) < 4.78 is 0. The van der Waals surface area contributed by atoms with Crippen molar-refractivity contribution in [3.05, 3.63) is 16.6 Å². The molecule has 1 N–H and O–H groups in total. The van der Waals surface area contributed by atoms with Crippen molar-refractivity contribution in [2.75, 3.05) is 0 Å². The lowest BCUT2D eigenvalue weighted by Crippen LogP contribution is -2.25. The molecule has 0 fully saturated rings. The van der Waals surface area contributed by atoms with Crippen LogP contribution in [0.25, 0.3) is 0 Å². The third-order valence-electron chi connectivity index (χ3n) is 1.44. The zero-order chi connectivity index (χ0) is 9.68. The minimum absolute atomic E-state index is 0.101. The molecular weight excluding hydrogens is 186 g/mol. The lowest BCUT2D eigenvalue weighted by molar-refractivity contribution is -0.120. The van der Waals surface area contributed by atoms with Gasteiger partial charge in [0.15, 0.2) is 0 Å². The van der Waals surface area contributed by atoms with Gasteiger partial charge in [-0.15, -0.1) is 11.3 Å². The van der Waals surface area contributed by atoms with E-state index in [9.17, 15) is 4.79 Å². The fourth-order valence-electron chi connectivity index (χ4n) is 0.874. The number of nitrogens with zero attached hydrogens (tertiary/aromatic N) is 2. The van der Waals surface area contributed by atoms with E-state index in [-0.39, 0.29) is 18.4 Å². The Hall–Kier alpha value is -1.41. The Morgan fingerprint density at radius 3 is 3.23 bits per heavy atom. The highest BCUT2D eigenvalue weighted by molar-refractivity contribution is 7.09. The summed E-state index contributed by atoms with van der Waals surface area (Å²) in [6.07, 6.45) is 1.59. The maximum absolute atomic E-state index is 11.0. The molecule has 0 aliphatic heterocycles. The monoisotopic (exact) mass is 195 g/mol. The van der Waals surface area contributed by atoms with E-state index < -0.39 is 0 Å². The van der Waals surface area contributed by atoms with Gasteiger partial charge in [-0.1, -0.05) is 0 Å². The quantitative estimate of drug-likeness (QED) is 0.789. The van der Waals surface area contributed by atoms with E-state index in [0.717, 1.165) is 5.01 Å².